The number of nitrogens with two attached hydrogens (primary N) is 1. The minimum Gasteiger partial charge on any atom is -0.475 e. The second kappa shape index (κ2) is 11.5. The van der Waals surface area contributed by atoms with Crippen molar-refractivity contribution in [1.82, 2.24) is 9.88 Å². The van der Waals surface area contributed by atoms with Crippen LogP contribution in [-0.2, 0) is 16.0 Å². The number of nitrogens with zero attached hydrogens (tertiary/aromatic N) is 2. The first-order valence-corrected chi connectivity index (χ1v) is 14.1. The monoisotopic (exact) mass is 527 g/mol. The molecule has 1 aliphatic heterocycles. The number of ketones is 1. The van der Waals surface area contributed by atoms with Gasteiger partial charge in [-0.05, 0) is 61.5 Å². The molecule has 0 bridgehead atoms. The number of aromatic carboxylic acids is 1. The van der Waals surface area contributed by atoms with Gasteiger partial charge in [-0.15, -0.1) is 0 Å². The van der Waals surface area contributed by atoms with Gasteiger partial charge in [0, 0.05) is 42.6 Å². The molecule has 1 amide bonds. The van der Waals surface area contributed by atoms with Crippen molar-refractivity contribution in [3.05, 3.63) is 29.7 Å². The lowest BCUT2D eigenvalue weighted by Crippen LogP contribution is -2.48. The largest absolute Gasteiger partial charge is 0.475 e. The highest BCUT2D eigenvalue weighted by Gasteiger charge is 2.46. The van der Waals surface area contributed by atoms with Crippen molar-refractivity contribution in [2.24, 2.45) is 29.4 Å². The van der Waals surface area contributed by atoms with E-state index in [2.05, 4.69) is 4.98 Å². The van der Waals surface area contributed by atoms with Crippen molar-refractivity contribution in [2.75, 3.05) is 13.2 Å². The van der Waals surface area contributed by atoms with Crippen LogP contribution in [0.25, 0.3) is 11.1 Å². The molecular weight excluding hydrogens is 489 g/mol. The number of alkyl halides is 1. The zero-order valence-corrected chi connectivity index (χ0v) is 21.8. The standard InChI is InChI=1S/C29H38FN3O5/c30-15-23(31)19-6-8-20(9-7-19)28(35)33-11-10-22(18-4-2-1-3-5-18)26(33)24(34)13-17-12-21-14-25(29(36)37)38-27(21)32-16-17/h12,14,16,18-20,22-23,26H,1-11,13,15,31H2,(H,36,37)/t19?,20?,22-,23+,26-/m0/s1. The smallest absolute Gasteiger partial charge is 0.371 e. The number of likely N-dealkylation sites (tertiary alicyclic amines) is 1. The highest BCUT2D eigenvalue weighted by molar-refractivity contribution is 5.93. The molecule has 3 heterocycles. The van der Waals surface area contributed by atoms with E-state index in [0.29, 0.717) is 36.3 Å². The van der Waals surface area contributed by atoms with E-state index in [-0.39, 0.29) is 47.3 Å². The van der Waals surface area contributed by atoms with Crippen LogP contribution in [-0.4, -0.2) is 58.0 Å². The third-order valence-electron chi connectivity index (χ3n) is 9.24. The molecule has 3 fully saturated rings. The number of rotatable bonds is 8. The second-order valence-corrected chi connectivity index (χ2v) is 11.6. The summed E-state index contributed by atoms with van der Waals surface area (Å²) in [6.45, 7) is 0.0629. The van der Waals surface area contributed by atoms with E-state index < -0.39 is 24.7 Å². The number of hydrogen-bond acceptors (Lipinski definition) is 6. The van der Waals surface area contributed by atoms with Gasteiger partial charge in [-0.25, -0.2) is 14.2 Å². The van der Waals surface area contributed by atoms with E-state index in [1.807, 2.05) is 4.90 Å². The number of carbonyl (C=O) groups is 3. The highest BCUT2D eigenvalue weighted by atomic mass is 19.1. The lowest BCUT2D eigenvalue weighted by atomic mass is 9.75. The van der Waals surface area contributed by atoms with Gasteiger partial charge in [0.25, 0.3) is 0 Å². The molecule has 3 atom stereocenters. The number of pyridine rings is 1. The minimum absolute atomic E-state index is 0.0164. The quantitative estimate of drug-likeness (QED) is 0.516. The summed E-state index contributed by atoms with van der Waals surface area (Å²) in [7, 11) is 0. The van der Waals surface area contributed by atoms with Crippen molar-refractivity contribution >= 4 is 28.8 Å². The number of furan rings is 1. The third kappa shape index (κ3) is 5.48. The topological polar surface area (TPSA) is 127 Å². The van der Waals surface area contributed by atoms with Crippen molar-refractivity contribution in [1.29, 1.82) is 0 Å². The summed E-state index contributed by atoms with van der Waals surface area (Å²) in [5, 5.41) is 9.74. The van der Waals surface area contributed by atoms with E-state index in [9.17, 15) is 23.9 Å². The number of hydrogen-bond donors (Lipinski definition) is 2. The first-order chi connectivity index (χ1) is 18.4. The Kier molecular flexibility index (Phi) is 8.12. The van der Waals surface area contributed by atoms with Crippen LogP contribution in [0.5, 0.6) is 0 Å². The van der Waals surface area contributed by atoms with E-state index in [0.717, 1.165) is 32.1 Å². The number of carboxylic acid groups (broad SMARTS) is 1. The number of fused-ring (bicyclic) bond motifs is 1. The van der Waals surface area contributed by atoms with Gasteiger partial charge in [-0.3, -0.25) is 9.59 Å². The van der Waals surface area contributed by atoms with Gasteiger partial charge >= 0.3 is 5.97 Å². The average molecular weight is 528 g/mol. The molecule has 0 unspecified atom stereocenters. The van der Waals surface area contributed by atoms with Gasteiger partial charge < -0.3 is 20.2 Å². The van der Waals surface area contributed by atoms with Crippen LogP contribution in [0.4, 0.5) is 4.39 Å². The second-order valence-electron chi connectivity index (χ2n) is 11.6. The predicted molar refractivity (Wildman–Crippen MR) is 139 cm³/mol. The van der Waals surface area contributed by atoms with Crippen LogP contribution in [0, 0.1) is 23.7 Å². The van der Waals surface area contributed by atoms with E-state index in [4.69, 9.17) is 10.2 Å². The van der Waals surface area contributed by atoms with E-state index in [1.165, 1.54) is 25.3 Å². The summed E-state index contributed by atoms with van der Waals surface area (Å²) in [6, 6.07) is 2.25. The SMILES string of the molecule is N[C@H](CF)C1CCC(C(=O)N2CC[C@@H](C3CCCCC3)[C@H]2C(=O)Cc2cnc3oc(C(=O)O)cc3c2)CC1. The zero-order valence-electron chi connectivity index (χ0n) is 21.8. The molecule has 0 radical (unpaired) electrons. The Morgan fingerprint density at radius 1 is 1.08 bits per heavy atom. The van der Waals surface area contributed by atoms with Gasteiger partial charge in [-0.2, -0.15) is 0 Å². The number of Topliss-reactive ketones (excluding diaryl/α,β-unsaturated/α-hetero) is 1. The van der Waals surface area contributed by atoms with E-state index in [1.54, 1.807) is 12.3 Å². The summed E-state index contributed by atoms with van der Waals surface area (Å²) in [6.07, 6.45) is 11.2. The molecule has 3 aliphatic rings. The Morgan fingerprint density at radius 2 is 1.82 bits per heavy atom. The third-order valence-corrected chi connectivity index (χ3v) is 9.24. The lowest BCUT2D eigenvalue weighted by molar-refractivity contribution is -0.143. The summed E-state index contributed by atoms with van der Waals surface area (Å²) >= 11 is 0. The van der Waals surface area contributed by atoms with Gasteiger partial charge in [0.2, 0.25) is 17.4 Å². The maximum atomic E-state index is 13.9. The first kappa shape index (κ1) is 26.8. The van der Waals surface area contributed by atoms with Crippen LogP contribution in [0.15, 0.2) is 22.7 Å². The molecule has 2 aromatic rings. The number of halogens is 1. The summed E-state index contributed by atoms with van der Waals surface area (Å²) < 4.78 is 18.3. The normalized spacial score (nSPS) is 27.5. The fraction of sp³-hybridized carbons (Fsp3) is 0.655. The summed E-state index contributed by atoms with van der Waals surface area (Å²) in [5.41, 5.74) is 6.83. The Bertz CT molecular complexity index is 1170. The van der Waals surface area contributed by atoms with Crippen LogP contribution in [0.2, 0.25) is 0 Å². The molecular formula is C29H38FN3O5. The fourth-order valence-corrected chi connectivity index (χ4v) is 7.17. The molecule has 0 aromatic carbocycles. The molecule has 8 nitrogen and oxygen atoms in total. The summed E-state index contributed by atoms with van der Waals surface area (Å²) in [5.74, 6) is -0.710. The molecule has 1 saturated heterocycles. The van der Waals surface area contributed by atoms with Crippen LogP contribution >= 0.6 is 0 Å². The van der Waals surface area contributed by atoms with Gasteiger partial charge in [0.15, 0.2) is 5.78 Å². The number of aromatic nitrogens is 1. The number of amides is 1. The minimum atomic E-state index is -1.17. The molecule has 206 valence electrons. The predicted octanol–water partition coefficient (Wildman–Crippen LogP) is 4.54. The van der Waals surface area contributed by atoms with Gasteiger partial charge in [0.1, 0.15) is 6.67 Å². The zero-order chi connectivity index (χ0) is 26.8. The van der Waals surface area contributed by atoms with Gasteiger partial charge in [-0.1, -0.05) is 32.1 Å². The molecule has 9 heteroatoms. The molecule has 2 aliphatic carbocycles. The first-order valence-electron chi connectivity index (χ1n) is 14.1. The van der Waals surface area contributed by atoms with Crippen molar-refractivity contribution in [3.8, 4) is 0 Å². The molecule has 0 spiro atoms. The molecule has 2 aromatic heterocycles. The Balaban J connectivity index is 1.34. The number of carboxylic acids is 1. The molecule has 3 N–H and O–H groups in total. The van der Waals surface area contributed by atoms with E-state index >= 15 is 0 Å². The van der Waals surface area contributed by atoms with Crippen molar-refractivity contribution in [3.63, 3.8) is 0 Å². The Morgan fingerprint density at radius 3 is 2.50 bits per heavy atom. The highest BCUT2D eigenvalue weighted by Crippen LogP contribution is 2.41. The number of carbonyl (C=O) groups excluding carboxylic acids is 2. The van der Waals surface area contributed by atoms with Crippen molar-refractivity contribution in [2.45, 2.75) is 82.7 Å². The lowest BCUT2D eigenvalue weighted by Gasteiger charge is -2.37. The van der Waals surface area contributed by atoms with Gasteiger partial charge in [0.05, 0.1) is 6.04 Å². The maximum absolute atomic E-state index is 13.9. The Labute approximate surface area is 222 Å². The van der Waals surface area contributed by atoms with Crippen molar-refractivity contribution < 1.29 is 28.3 Å². The fourth-order valence-electron chi connectivity index (χ4n) is 7.17. The molecule has 38 heavy (non-hydrogen) atoms. The summed E-state index contributed by atoms with van der Waals surface area (Å²) in [4.78, 5) is 45.0. The molecule has 5 rings (SSSR count). The molecule has 2 saturated carbocycles. The van der Waals surface area contributed by atoms with Crippen LogP contribution < -0.4 is 5.73 Å². The Hall–Kier alpha value is -2.81. The van der Waals surface area contributed by atoms with Crippen LogP contribution in [0.1, 0.15) is 80.3 Å². The van der Waals surface area contributed by atoms with Crippen LogP contribution in [0.3, 0.4) is 0 Å². The average Bonchev–Trinajstić information content (AvgIpc) is 3.58. The maximum Gasteiger partial charge on any atom is 0.371 e.